The molecule has 0 bridgehead atoms. The van der Waals surface area contributed by atoms with Crippen LogP contribution in [-0.2, 0) is 0 Å². The van der Waals surface area contributed by atoms with E-state index in [4.69, 9.17) is 0 Å². The van der Waals surface area contributed by atoms with Crippen LogP contribution < -0.4 is 0 Å². The summed E-state index contributed by atoms with van der Waals surface area (Å²) in [6.07, 6.45) is 3.49. The van der Waals surface area contributed by atoms with Gasteiger partial charge in [0.25, 0.3) is 0 Å². The molecular formula is C8H18BrNS. The first-order valence-corrected chi connectivity index (χ1v) is 6.64. The third kappa shape index (κ3) is 7.16. The van der Waals surface area contributed by atoms with Gasteiger partial charge in [0, 0.05) is 11.9 Å². The summed E-state index contributed by atoms with van der Waals surface area (Å²) >= 11 is 5.39. The molecular weight excluding hydrogens is 222 g/mol. The van der Waals surface area contributed by atoms with E-state index < -0.39 is 0 Å². The van der Waals surface area contributed by atoms with Crippen LogP contribution in [0.1, 0.15) is 13.3 Å². The molecule has 0 aliphatic rings. The molecule has 0 N–H and O–H groups in total. The highest BCUT2D eigenvalue weighted by atomic mass is 79.9. The van der Waals surface area contributed by atoms with Crippen molar-refractivity contribution in [1.29, 1.82) is 0 Å². The molecule has 0 aromatic heterocycles. The number of hydrogen-bond donors (Lipinski definition) is 0. The van der Waals surface area contributed by atoms with Gasteiger partial charge < -0.3 is 4.90 Å². The second-order valence-corrected chi connectivity index (χ2v) is 4.25. The Morgan fingerprint density at radius 2 is 2.09 bits per heavy atom. The first-order chi connectivity index (χ1) is 5.35. The minimum absolute atomic E-state index is 1.10. The van der Waals surface area contributed by atoms with E-state index in [-0.39, 0.29) is 0 Å². The lowest BCUT2D eigenvalue weighted by Gasteiger charge is -2.18. The molecule has 0 radical (unpaired) electrons. The highest BCUT2D eigenvalue weighted by Gasteiger charge is 1.98. The zero-order valence-corrected chi connectivity index (χ0v) is 9.88. The van der Waals surface area contributed by atoms with E-state index >= 15 is 0 Å². The fourth-order valence-corrected chi connectivity index (χ4v) is 1.90. The standard InChI is InChI=1S/C8H18BrNS/c1-3-10(7-5-9)6-4-8-11-2/h3-8H2,1-2H3. The van der Waals surface area contributed by atoms with Gasteiger partial charge in [0.05, 0.1) is 0 Å². The van der Waals surface area contributed by atoms with Gasteiger partial charge in [-0.1, -0.05) is 22.9 Å². The highest BCUT2D eigenvalue weighted by Crippen LogP contribution is 1.98. The number of rotatable bonds is 7. The summed E-state index contributed by atoms with van der Waals surface area (Å²) in [7, 11) is 0. The Labute approximate surface area is 83.0 Å². The fourth-order valence-electron chi connectivity index (χ4n) is 0.980. The van der Waals surface area contributed by atoms with Gasteiger partial charge in [0.15, 0.2) is 0 Å². The van der Waals surface area contributed by atoms with Gasteiger partial charge in [-0.15, -0.1) is 0 Å². The Morgan fingerprint density at radius 1 is 1.36 bits per heavy atom. The molecule has 0 saturated heterocycles. The van der Waals surface area contributed by atoms with Crippen LogP contribution in [0, 0.1) is 0 Å². The van der Waals surface area contributed by atoms with E-state index in [1.807, 2.05) is 11.8 Å². The van der Waals surface area contributed by atoms with Crippen LogP contribution in [0.3, 0.4) is 0 Å². The molecule has 0 aliphatic heterocycles. The first-order valence-electron chi connectivity index (χ1n) is 4.12. The van der Waals surface area contributed by atoms with E-state index in [0.29, 0.717) is 0 Å². The first kappa shape index (κ1) is 11.8. The largest absolute Gasteiger partial charge is 0.303 e. The molecule has 0 spiro atoms. The average Bonchev–Trinajstić information content (AvgIpc) is 2.03. The molecule has 68 valence electrons. The molecule has 1 nitrogen and oxygen atoms in total. The fraction of sp³-hybridized carbons (Fsp3) is 1.00. The van der Waals surface area contributed by atoms with Crippen molar-refractivity contribution < 1.29 is 0 Å². The molecule has 0 atom stereocenters. The Morgan fingerprint density at radius 3 is 2.55 bits per heavy atom. The van der Waals surface area contributed by atoms with Gasteiger partial charge in [0.1, 0.15) is 0 Å². The van der Waals surface area contributed by atoms with Crippen molar-refractivity contribution in [3.63, 3.8) is 0 Å². The van der Waals surface area contributed by atoms with Crippen LogP contribution in [0.15, 0.2) is 0 Å². The summed E-state index contributed by atoms with van der Waals surface area (Å²) in [5.74, 6) is 1.29. The quantitative estimate of drug-likeness (QED) is 0.496. The average molecular weight is 240 g/mol. The van der Waals surface area contributed by atoms with Crippen molar-refractivity contribution in [2.75, 3.05) is 37.0 Å². The Kier molecular flexibility index (Phi) is 9.52. The lowest BCUT2D eigenvalue weighted by molar-refractivity contribution is 0.309. The van der Waals surface area contributed by atoms with Crippen molar-refractivity contribution in [3.05, 3.63) is 0 Å². The predicted octanol–water partition coefficient (Wildman–Crippen LogP) is 2.46. The number of hydrogen-bond acceptors (Lipinski definition) is 2. The number of halogens is 1. The van der Waals surface area contributed by atoms with Gasteiger partial charge >= 0.3 is 0 Å². The molecule has 0 aliphatic carbocycles. The van der Waals surface area contributed by atoms with Crippen LogP contribution in [-0.4, -0.2) is 41.9 Å². The summed E-state index contributed by atoms with van der Waals surface area (Å²) in [5.41, 5.74) is 0. The van der Waals surface area contributed by atoms with Crippen molar-refractivity contribution >= 4 is 27.7 Å². The molecule has 0 saturated carbocycles. The monoisotopic (exact) mass is 239 g/mol. The minimum atomic E-state index is 1.10. The van der Waals surface area contributed by atoms with E-state index in [1.165, 1.54) is 31.8 Å². The van der Waals surface area contributed by atoms with E-state index in [9.17, 15) is 0 Å². The lowest BCUT2D eigenvalue weighted by Crippen LogP contribution is -2.26. The lowest BCUT2D eigenvalue weighted by atomic mass is 10.4. The molecule has 0 fully saturated rings. The number of nitrogens with zero attached hydrogens (tertiary/aromatic N) is 1. The topological polar surface area (TPSA) is 3.24 Å². The second kappa shape index (κ2) is 8.88. The smallest absolute Gasteiger partial charge is 0.0159 e. The summed E-state index contributed by atoms with van der Waals surface area (Å²) in [4.78, 5) is 2.48. The number of thioether (sulfide) groups is 1. The van der Waals surface area contributed by atoms with Crippen molar-refractivity contribution in [2.45, 2.75) is 13.3 Å². The van der Waals surface area contributed by atoms with E-state index in [0.717, 1.165) is 5.33 Å². The molecule has 0 aromatic carbocycles. The van der Waals surface area contributed by atoms with Crippen LogP contribution in [0.4, 0.5) is 0 Å². The Balaban J connectivity index is 3.20. The number of alkyl halides is 1. The minimum Gasteiger partial charge on any atom is -0.303 e. The summed E-state index contributed by atoms with van der Waals surface area (Å²) < 4.78 is 0. The zero-order valence-electron chi connectivity index (χ0n) is 7.48. The zero-order chi connectivity index (χ0) is 8.53. The molecule has 0 amide bonds. The maximum Gasteiger partial charge on any atom is 0.0159 e. The maximum atomic E-state index is 3.45. The summed E-state index contributed by atoms with van der Waals surface area (Å²) in [6, 6.07) is 0. The van der Waals surface area contributed by atoms with Crippen LogP contribution >= 0.6 is 27.7 Å². The molecule has 0 aromatic rings. The van der Waals surface area contributed by atoms with Crippen molar-refractivity contribution in [2.24, 2.45) is 0 Å². The molecule has 0 heterocycles. The van der Waals surface area contributed by atoms with Gasteiger partial charge in [0.2, 0.25) is 0 Å². The summed E-state index contributed by atoms with van der Waals surface area (Å²) in [5, 5.41) is 1.10. The van der Waals surface area contributed by atoms with Gasteiger partial charge in [-0.3, -0.25) is 0 Å². The molecule has 3 heteroatoms. The van der Waals surface area contributed by atoms with Gasteiger partial charge in [-0.05, 0) is 31.5 Å². The van der Waals surface area contributed by atoms with Crippen molar-refractivity contribution in [3.8, 4) is 0 Å². The van der Waals surface area contributed by atoms with Crippen molar-refractivity contribution in [1.82, 2.24) is 4.90 Å². The third-order valence-electron chi connectivity index (χ3n) is 1.67. The predicted molar refractivity (Wildman–Crippen MR) is 58.9 cm³/mol. The van der Waals surface area contributed by atoms with Gasteiger partial charge in [-0.2, -0.15) is 11.8 Å². The third-order valence-corrected chi connectivity index (χ3v) is 2.72. The summed E-state index contributed by atoms with van der Waals surface area (Å²) in [6.45, 7) is 5.84. The Hall–Kier alpha value is 0.790. The molecule has 0 rings (SSSR count). The van der Waals surface area contributed by atoms with E-state index in [1.54, 1.807) is 0 Å². The van der Waals surface area contributed by atoms with Gasteiger partial charge in [-0.25, -0.2) is 0 Å². The second-order valence-electron chi connectivity index (χ2n) is 2.47. The highest BCUT2D eigenvalue weighted by molar-refractivity contribution is 9.09. The van der Waals surface area contributed by atoms with Crippen LogP contribution in [0.25, 0.3) is 0 Å². The molecule has 11 heavy (non-hydrogen) atoms. The SMILES string of the molecule is CCN(CCBr)CCCSC. The maximum absolute atomic E-state index is 3.45. The van der Waals surface area contributed by atoms with Crippen LogP contribution in [0.5, 0.6) is 0 Å². The van der Waals surface area contributed by atoms with Crippen LogP contribution in [0.2, 0.25) is 0 Å². The Bertz CT molecular complexity index is 80.5. The normalized spacial score (nSPS) is 10.9. The van der Waals surface area contributed by atoms with E-state index in [2.05, 4.69) is 34.0 Å². The molecule has 0 unspecified atom stereocenters.